The van der Waals surface area contributed by atoms with Gasteiger partial charge in [-0.25, -0.2) is 0 Å². The van der Waals surface area contributed by atoms with Crippen LogP contribution in [0.15, 0.2) is 42.6 Å². The molecule has 1 amide bonds. The molecule has 1 aliphatic rings. The Morgan fingerprint density at radius 1 is 1.30 bits per heavy atom. The van der Waals surface area contributed by atoms with Crippen LogP contribution in [0, 0.1) is 10.1 Å². The smallest absolute Gasteiger partial charge is 0.269 e. The van der Waals surface area contributed by atoms with Crippen molar-refractivity contribution in [3.8, 4) is 0 Å². The van der Waals surface area contributed by atoms with Crippen LogP contribution in [0.1, 0.15) is 24.1 Å². The summed E-state index contributed by atoms with van der Waals surface area (Å²) in [5.74, 6) is 0.0718. The van der Waals surface area contributed by atoms with Gasteiger partial charge in [0.25, 0.3) is 5.69 Å². The van der Waals surface area contributed by atoms with Crippen LogP contribution < -0.4 is 0 Å². The van der Waals surface area contributed by atoms with E-state index in [-0.39, 0.29) is 18.0 Å². The molecule has 0 bridgehead atoms. The number of hydrogen-bond acceptors (Lipinski definition) is 3. The average molecular weight is 313 g/mol. The minimum Gasteiger partial charge on any atom is -0.353 e. The molecule has 1 aromatic heterocycles. The number of rotatable bonds is 6. The maximum absolute atomic E-state index is 12.6. The fourth-order valence-electron chi connectivity index (χ4n) is 2.65. The molecular formula is C17H19N3O3. The van der Waals surface area contributed by atoms with Crippen molar-refractivity contribution in [3.63, 3.8) is 0 Å². The zero-order chi connectivity index (χ0) is 16.4. The maximum atomic E-state index is 12.6. The summed E-state index contributed by atoms with van der Waals surface area (Å²) >= 11 is 0. The predicted molar refractivity (Wildman–Crippen MR) is 85.8 cm³/mol. The van der Waals surface area contributed by atoms with Crippen molar-refractivity contribution in [2.75, 3.05) is 0 Å². The third-order valence-corrected chi connectivity index (χ3v) is 4.19. The fraction of sp³-hybridized carbons (Fsp3) is 0.353. The Bertz CT molecular complexity index is 717. The molecule has 1 fully saturated rings. The number of aromatic nitrogens is 1. The topological polar surface area (TPSA) is 68.4 Å². The lowest BCUT2D eigenvalue weighted by molar-refractivity contribution is -0.384. The molecule has 0 N–H and O–H groups in total. The third-order valence-electron chi connectivity index (χ3n) is 4.19. The minimum atomic E-state index is -0.433. The van der Waals surface area contributed by atoms with Crippen LogP contribution in [0.25, 0.3) is 0 Å². The second-order valence-corrected chi connectivity index (χ2v) is 5.96. The average Bonchev–Trinajstić information content (AvgIpc) is 3.28. The van der Waals surface area contributed by atoms with E-state index in [4.69, 9.17) is 0 Å². The number of nitro groups is 1. The van der Waals surface area contributed by atoms with E-state index in [1.54, 1.807) is 12.1 Å². The summed E-state index contributed by atoms with van der Waals surface area (Å²) in [6.45, 7) is 0.611. The molecular weight excluding hydrogens is 294 g/mol. The summed E-state index contributed by atoms with van der Waals surface area (Å²) in [7, 11) is 1.97. The lowest BCUT2D eigenvalue weighted by atomic mass is 10.1. The summed E-state index contributed by atoms with van der Waals surface area (Å²) in [5, 5.41) is 10.7. The minimum absolute atomic E-state index is 0.0454. The van der Waals surface area contributed by atoms with E-state index >= 15 is 0 Å². The summed E-state index contributed by atoms with van der Waals surface area (Å²) in [6, 6.07) is 10.5. The first-order chi connectivity index (χ1) is 11.0. The van der Waals surface area contributed by atoms with E-state index in [0.29, 0.717) is 12.6 Å². The van der Waals surface area contributed by atoms with Gasteiger partial charge in [0.05, 0.1) is 17.9 Å². The molecule has 0 spiro atoms. The highest BCUT2D eigenvalue weighted by molar-refractivity contribution is 5.79. The van der Waals surface area contributed by atoms with Crippen LogP contribution in [0.2, 0.25) is 0 Å². The summed E-state index contributed by atoms with van der Waals surface area (Å²) in [5.41, 5.74) is 1.95. The van der Waals surface area contributed by atoms with Gasteiger partial charge in [-0.05, 0) is 30.5 Å². The van der Waals surface area contributed by atoms with Gasteiger partial charge >= 0.3 is 0 Å². The van der Waals surface area contributed by atoms with Crippen molar-refractivity contribution in [3.05, 3.63) is 64.0 Å². The first-order valence-electron chi connectivity index (χ1n) is 7.67. The summed E-state index contributed by atoms with van der Waals surface area (Å²) in [4.78, 5) is 24.8. The van der Waals surface area contributed by atoms with E-state index in [1.807, 2.05) is 34.8 Å². The highest BCUT2D eigenvalue weighted by Gasteiger charge is 2.32. The highest BCUT2D eigenvalue weighted by atomic mass is 16.6. The third kappa shape index (κ3) is 3.59. The van der Waals surface area contributed by atoms with Gasteiger partial charge in [-0.1, -0.05) is 12.1 Å². The van der Waals surface area contributed by atoms with Crippen molar-refractivity contribution in [2.45, 2.75) is 31.8 Å². The van der Waals surface area contributed by atoms with Gasteiger partial charge < -0.3 is 9.47 Å². The number of amides is 1. The van der Waals surface area contributed by atoms with E-state index in [9.17, 15) is 14.9 Å². The van der Waals surface area contributed by atoms with Crippen molar-refractivity contribution < 1.29 is 9.72 Å². The molecule has 1 aliphatic carbocycles. The number of benzene rings is 1. The largest absolute Gasteiger partial charge is 0.353 e. The number of nitro benzene ring substituents is 1. The Labute approximate surface area is 134 Å². The van der Waals surface area contributed by atoms with Crippen LogP contribution in [0.3, 0.4) is 0 Å². The van der Waals surface area contributed by atoms with Crippen LogP contribution in [-0.4, -0.2) is 26.3 Å². The Morgan fingerprint density at radius 2 is 2.00 bits per heavy atom. The van der Waals surface area contributed by atoms with Gasteiger partial charge in [-0.15, -0.1) is 0 Å². The van der Waals surface area contributed by atoms with Crippen LogP contribution in [0.4, 0.5) is 5.69 Å². The molecule has 0 radical (unpaired) electrons. The first-order valence-corrected chi connectivity index (χ1v) is 7.67. The molecule has 1 heterocycles. The van der Waals surface area contributed by atoms with E-state index < -0.39 is 4.92 Å². The lowest BCUT2D eigenvalue weighted by Crippen LogP contribution is -2.34. The van der Waals surface area contributed by atoms with E-state index in [2.05, 4.69) is 0 Å². The Balaban J connectivity index is 1.69. The van der Waals surface area contributed by atoms with E-state index in [0.717, 1.165) is 24.1 Å². The first kappa shape index (κ1) is 15.3. The molecule has 120 valence electrons. The Hall–Kier alpha value is -2.63. The number of carbonyl (C=O) groups is 1. The Kier molecular flexibility index (Phi) is 4.14. The number of carbonyl (C=O) groups excluding carboxylic acids is 1. The molecule has 0 unspecified atom stereocenters. The lowest BCUT2D eigenvalue weighted by Gasteiger charge is -2.23. The SMILES string of the molecule is Cn1cccc1CN(C(=O)Cc1ccc([N+](=O)[O-])cc1)C1CC1. The van der Waals surface area contributed by atoms with Crippen LogP contribution in [0.5, 0.6) is 0 Å². The molecule has 23 heavy (non-hydrogen) atoms. The van der Waals surface area contributed by atoms with Gasteiger partial charge in [-0.2, -0.15) is 0 Å². The zero-order valence-corrected chi connectivity index (χ0v) is 13.0. The van der Waals surface area contributed by atoms with Crippen molar-refractivity contribution in [2.24, 2.45) is 7.05 Å². The van der Waals surface area contributed by atoms with Gasteiger partial charge in [0.2, 0.25) is 5.91 Å². The summed E-state index contributed by atoms with van der Waals surface area (Å²) in [6.07, 6.45) is 4.35. The van der Waals surface area contributed by atoms with Gasteiger partial charge in [0.1, 0.15) is 0 Å². The predicted octanol–water partition coefficient (Wildman–Crippen LogP) is 2.67. The molecule has 2 aromatic rings. The van der Waals surface area contributed by atoms with Crippen LogP contribution in [-0.2, 0) is 24.8 Å². The number of aryl methyl sites for hydroxylation is 1. The van der Waals surface area contributed by atoms with Crippen molar-refractivity contribution >= 4 is 11.6 Å². The Morgan fingerprint density at radius 3 is 2.52 bits per heavy atom. The molecule has 0 aliphatic heterocycles. The van der Waals surface area contributed by atoms with Crippen molar-refractivity contribution in [1.82, 2.24) is 9.47 Å². The second kappa shape index (κ2) is 6.24. The molecule has 1 aromatic carbocycles. The number of hydrogen-bond donors (Lipinski definition) is 0. The van der Waals surface area contributed by atoms with E-state index in [1.165, 1.54) is 12.1 Å². The van der Waals surface area contributed by atoms with Gasteiger partial charge in [-0.3, -0.25) is 14.9 Å². The normalized spacial score (nSPS) is 13.8. The number of non-ortho nitro benzene ring substituents is 1. The standard InChI is InChI=1S/C17H19N3O3/c1-18-10-2-3-16(18)12-19(14-8-9-14)17(21)11-13-4-6-15(7-5-13)20(22)23/h2-7,10,14H,8-9,11-12H2,1H3. The quantitative estimate of drug-likeness (QED) is 0.608. The van der Waals surface area contributed by atoms with Crippen molar-refractivity contribution in [1.29, 1.82) is 0 Å². The van der Waals surface area contributed by atoms with Gasteiger partial charge in [0.15, 0.2) is 0 Å². The number of nitrogens with zero attached hydrogens (tertiary/aromatic N) is 3. The zero-order valence-electron chi connectivity index (χ0n) is 13.0. The fourth-order valence-corrected chi connectivity index (χ4v) is 2.65. The van der Waals surface area contributed by atoms with Gasteiger partial charge in [0, 0.05) is 37.1 Å². The summed E-state index contributed by atoms with van der Waals surface area (Å²) < 4.78 is 2.02. The molecule has 0 saturated heterocycles. The second-order valence-electron chi connectivity index (χ2n) is 5.96. The maximum Gasteiger partial charge on any atom is 0.269 e. The molecule has 0 atom stereocenters. The molecule has 1 saturated carbocycles. The molecule has 3 rings (SSSR count). The molecule has 6 nitrogen and oxygen atoms in total. The molecule has 6 heteroatoms. The monoisotopic (exact) mass is 313 g/mol. The van der Waals surface area contributed by atoms with Crippen LogP contribution >= 0.6 is 0 Å². The highest BCUT2D eigenvalue weighted by Crippen LogP contribution is 2.29.